The van der Waals surface area contributed by atoms with Gasteiger partial charge >= 0.3 is 0 Å². The first-order valence-corrected chi connectivity index (χ1v) is 12.5. The van der Waals surface area contributed by atoms with Crippen LogP contribution in [0.5, 0.6) is 0 Å². The van der Waals surface area contributed by atoms with Crippen LogP contribution in [0.3, 0.4) is 0 Å². The van der Waals surface area contributed by atoms with Crippen LogP contribution in [0.2, 0.25) is 0 Å². The summed E-state index contributed by atoms with van der Waals surface area (Å²) in [7, 11) is -2.95. The maximum Gasteiger partial charge on any atom is 0.230 e. The van der Waals surface area contributed by atoms with Gasteiger partial charge in [-0.05, 0) is 30.0 Å². The smallest absolute Gasteiger partial charge is 0.230 e. The molecule has 0 spiro atoms. The zero-order valence-electron chi connectivity index (χ0n) is 18.9. The molecule has 7 nitrogen and oxygen atoms in total. The lowest BCUT2D eigenvalue weighted by atomic mass is 9.93. The molecule has 0 aliphatic rings. The Kier molecular flexibility index (Phi) is 7.13. The number of anilines is 1. The van der Waals surface area contributed by atoms with E-state index < -0.39 is 9.84 Å². The third-order valence-electron chi connectivity index (χ3n) is 4.94. The van der Waals surface area contributed by atoms with Crippen LogP contribution in [-0.2, 0) is 32.9 Å². The molecule has 3 aromatic rings. The minimum atomic E-state index is -2.95. The van der Waals surface area contributed by atoms with Gasteiger partial charge in [-0.3, -0.25) is 9.78 Å². The van der Waals surface area contributed by atoms with Crippen molar-refractivity contribution in [2.24, 2.45) is 0 Å². The molecule has 8 heteroatoms. The Hall–Kier alpha value is -3.00. The minimum absolute atomic E-state index is 0.161. The number of aromatic nitrogens is 2. The second kappa shape index (κ2) is 9.65. The quantitative estimate of drug-likeness (QED) is 0.546. The highest BCUT2D eigenvalue weighted by Crippen LogP contribution is 2.24. The second-order valence-corrected chi connectivity index (χ2v) is 11.3. The average molecular weight is 456 g/mol. The molecular weight excluding hydrogens is 426 g/mol. The number of carbonyl (C=O) groups is 1. The first-order valence-electron chi connectivity index (χ1n) is 10.5. The first kappa shape index (κ1) is 23.7. The molecule has 0 atom stereocenters. The molecule has 0 aliphatic carbocycles. The van der Waals surface area contributed by atoms with Gasteiger partial charge in [-0.15, -0.1) is 0 Å². The molecule has 1 amide bonds. The van der Waals surface area contributed by atoms with Gasteiger partial charge in [-0.1, -0.05) is 56.3 Å². The van der Waals surface area contributed by atoms with E-state index in [-0.39, 0.29) is 23.5 Å². The van der Waals surface area contributed by atoms with Crippen LogP contribution in [0.25, 0.3) is 11.1 Å². The third kappa shape index (κ3) is 7.02. The van der Waals surface area contributed by atoms with Crippen LogP contribution < -0.4 is 5.32 Å². The number of aryl methyl sites for hydroxylation is 1. The van der Waals surface area contributed by atoms with Crippen molar-refractivity contribution in [3.8, 4) is 11.1 Å². The van der Waals surface area contributed by atoms with Crippen molar-refractivity contribution in [3.63, 3.8) is 0 Å². The Labute approximate surface area is 189 Å². The van der Waals surface area contributed by atoms with Gasteiger partial charge in [0.1, 0.15) is 15.6 Å². The van der Waals surface area contributed by atoms with Gasteiger partial charge in [-0.2, -0.15) is 0 Å². The highest BCUT2D eigenvalue weighted by atomic mass is 32.2. The summed E-state index contributed by atoms with van der Waals surface area (Å²) in [5, 5.41) is 6.68. The number of amides is 1. The average Bonchev–Trinajstić information content (AvgIpc) is 3.17. The van der Waals surface area contributed by atoms with Crippen molar-refractivity contribution in [2.45, 2.75) is 45.4 Å². The van der Waals surface area contributed by atoms with E-state index in [2.05, 4.69) is 15.5 Å². The number of pyridine rings is 1. The molecule has 0 saturated carbocycles. The third-order valence-corrected chi connectivity index (χ3v) is 5.97. The van der Waals surface area contributed by atoms with Gasteiger partial charge in [-0.25, -0.2) is 8.42 Å². The molecule has 0 radical (unpaired) electrons. The Morgan fingerprint density at radius 3 is 2.31 bits per heavy atom. The summed E-state index contributed by atoms with van der Waals surface area (Å²) in [4.78, 5) is 16.8. The van der Waals surface area contributed by atoms with Crippen molar-refractivity contribution in [1.29, 1.82) is 0 Å². The van der Waals surface area contributed by atoms with Crippen LogP contribution in [0.1, 0.15) is 44.2 Å². The predicted molar refractivity (Wildman–Crippen MR) is 125 cm³/mol. The molecule has 2 aromatic heterocycles. The van der Waals surface area contributed by atoms with E-state index >= 15 is 0 Å². The van der Waals surface area contributed by atoms with Crippen molar-refractivity contribution < 1.29 is 17.7 Å². The van der Waals surface area contributed by atoms with E-state index in [4.69, 9.17) is 4.52 Å². The summed E-state index contributed by atoms with van der Waals surface area (Å²) < 4.78 is 27.8. The number of carbonyl (C=O) groups excluding carboxylic acids is 1. The van der Waals surface area contributed by atoms with Gasteiger partial charge < -0.3 is 9.84 Å². The van der Waals surface area contributed by atoms with E-state index in [1.165, 1.54) is 6.26 Å². The molecule has 3 rings (SSSR count). The molecule has 0 saturated heterocycles. The number of nitrogens with zero attached hydrogens (tertiary/aromatic N) is 2. The van der Waals surface area contributed by atoms with Crippen molar-refractivity contribution in [3.05, 3.63) is 65.7 Å². The first-order chi connectivity index (χ1) is 15.0. The second-order valence-electron chi connectivity index (χ2n) is 9.02. The largest absolute Gasteiger partial charge is 0.359 e. The summed E-state index contributed by atoms with van der Waals surface area (Å²) in [5.74, 6) is 1.14. The zero-order chi connectivity index (χ0) is 23.4. The molecule has 32 heavy (non-hydrogen) atoms. The number of sulfone groups is 1. The number of benzene rings is 1. The van der Waals surface area contributed by atoms with Crippen molar-refractivity contribution in [1.82, 2.24) is 10.1 Å². The van der Waals surface area contributed by atoms with Gasteiger partial charge in [0.25, 0.3) is 0 Å². The monoisotopic (exact) mass is 455 g/mol. The van der Waals surface area contributed by atoms with Crippen molar-refractivity contribution >= 4 is 21.6 Å². The molecule has 170 valence electrons. The molecule has 1 N–H and O–H groups in total. The molecule has 0 aliphatic heterocycles. The lowest BCUT2D eigenvalue weighted by Crippen LogP contribution is -2.14. The van der Waals surface area contributed by atoms with Crippen LogP contribution in [0.4, 0.5) is 5.82 Å². The van der Waals surface area contributed by atoms with Crippen molar-refractivity contribution in [2.75, 3.05) is 17.3 Å². The Morgan fingerprint density at radius 1 is 1.06 bits per heavy atom. The standard InChI is InChI=1S/C24H29N3O4S/c1-24(2,3)21-15-22(27-31-21)26-23(28)14-17-7-9-18(10-8-17)19-11-12-20(25-16-19)6-5-13-32(4,29)30/h7-12,15-16H,5-6,13-14H2,1-4H3,(H,26,27,28). The van der Waals surface area contributed by atoms with E-state index in [1.807, 2.05) is 57.2 Å². The zero-order valence-corrected chi connectivity index (χ0v) is 19.7. The van der Waals surface area contributed by atoms with Crippen LogP contribution in [-0.4, -0.2) is 36.5 Å². The highest BCUT2D eigenvalue weighted by Gasteiger charge is 2.20. The lowest BCUT2D eigenvalue weighted by Gasteiger charge is -2.12. The van der Waals surface area contributed by atoms with Crippen LogP contribution >= 0.6 is 0 Å². The lowest BCUT2D eigenvalue weighted by molar-refractivity contribution is -0.115. The molecule has 2 heterocycles. The van der Waals surface area contributed by atoms with E-state index in [1.54, 1.807) is 12.3 Å². The Balaban J connectivity index is 1.55. The maximum absolute atomic E-state index is 12.3. The molecule has 0 fully saturated rings. The van der Waals surface area contributed by atoms with E-state index in [9.17, 15) is 13.2 Å². The fourth-order valence-corrected chi connectivity index (χ4v) is 3.80. The van der Waals surface area contributed by atoms with Crippen LogP contribution in [0.15, 0.2) is 53.2 Å². The fourth-order valence-electron chi connectivity index (χ4n) is 3.13. The SMILES string of the molecule is CC(C)(C)c1cc(NC(=O)Cc2ccc(-c3ccc(CCCS(C)(=O)=O)nc3)cc2)no1. The fraction of sp³-hybridized carbons (Fsp3) is 0.375. The number of hydrogen-bond acceptors (Lipinski definition) is 6. The van der Waals surface area contributed by atoms with Crippen LogP contribution in [0, 0.1) is 0 Å². The summed E-state index contributed by atoms with van der Waals surface area (Å²) in [6, 6.07) is 13.4. The number of nitrogens with one attached hydrogen (secondary N) is 1. The number of hydrogen-bond donors (Lipinski definition) is 1. The topological polar surface area (TPSA) is 102 Å². The molecule has 0 bridgehead atoms. The maximum atomic E-state index is 12.3. The molecule has 0 unspecified atom stereocenters. The normalized spacial score (nSPS) is 12.0. The van der Waals surface area contributed by atoms with Gasteiger partial charge in [0.2, 0.25) is 5.91 Å². The summed E-state index contributed by atoms with van der Waals surface area (Å²) >= 11 is 0. The predicted octanol–water partition coefficient (Wildman–Crippen LogP) is 4.19. The highest BCUT2D eigenvalue weighted by molar-refractivity contribution is 7.90. The summed E-state index contributed by atoms with van der Waals surface area (Å²) in [6.45, 7) is 6.05. The number of rotatable bonds is 8. The summed E-state index contributed by atoms with van der Waals surface area (Å²) in [5.41, 5.74) is 3.54. The summed E-state index contributed by atoms with van der Waals surface area (Å²) in [6.07, 6.45) is 4.45. The van der Waals surface area contributed by atoms with Gasteiger partial charge in [0.05, 0.1) is 12.2 Å². The molecule has 1 aromatic carbocycles. The van der Waals surface area contributed by atoms with Gasteiger partial charge in [0.15, 0.2) is 5.82 Å². The van der Waals surface area contributed by atoms with Gasteiger partial charge in [0, 0.05) is 35.2 Å². The van der Waals surface area contributed by atoms with E-state index in [0.29, 0.717) is 24.4 Å². The Bertz CT molecular complexity index is 1160. The minimum Gasteiger partial charge on any atom is -0.359 e. The van der Waals surface area contributed by atoms with E-state index in [0.717, 1.165) is 22.4 Å². The molecular formula is C24H29N3O4S. The Morgan fingerprint density at radius 2 is 1.75 bits per heavy atom.